The minimum atomic E-state index is -0.0146. The molecule has 0 radical (unpaired) electrons. The van der Waals surface area contributed by atoms with E-state index in [9.17, 15) is 0 Å². The zero-order valence-corrected chi connectivity index (χ0v) is 34.1. The van der Waals surface area contributed by atoms with Crippen molar-refractivity contribution in [1.29, 1.82) is 0 Å². The molecule has 276 valence electrons. The number of nitrogens with zero attached hydrogens (tertiary/aromatic N) is 1. The molecule has 0 atom stereocenters. The second-order valence-electron chi connectivity index (χ2n) is 17.9. The Kier molecular flexibility index (Phi) is 8.89. The molecule has 0 aromatic heterocycles. The van der Waals surface area contributed by atoms with E-state index in [1.807, 2.05) is 12.2 Å². The normalized spacial score (nSPS) is 13.1. The molecule has 3 heteroatoms. The van der Waals surface area contributed by atoms with Crippen molar-refractivity contribution in [1.82, 2.24) is 0 Å². The summed E-state index contributed by atoms with van der Waals surface area (Å²) in [5, 5.41) is 0. The van der Waals surface area contributed by atoms with Gasteiger partial charge in [-0.15, -0.1) is 0 Å². The van der Waals surface area contributed by atoms with Crippen LogP contribution in [0.15, 0.2) is 165 Å². The molecular weight excluding hydrogens is 684 g/mol. The van der Waals surface area contributed by atoms with Gasteiger partial charge in [0.15, 0.2) is 0 Å². The van der Waals surface area contributed by atoms with Gasteiger partial charge in [-0.3, -0.25) is 0 Å². The zero-order chi connectivity index (χ0) is 39.6. The van der Waals surface area contributed by atoms with Crippen LogP contribution in [0.5, 0.6) is 0 Å². The maximum atomic E-state index is 3.99. The van der Waals surface area contributed by atoms with E-state index in [1.54, 1.807) is 0 Å². The number of para-hydroxylation sites is 1. The van der Waals surface area contributed by atoms with Gasteiger partial charge in [0.05, 0.1) is 0 Å². The highest BCUT2D eigenvalue weighted by atomic mass is 15.2. The third kappa shape index (κ3) is 6.40. The molecule has 0 N–H and O–H groups in total. The van der Waals surface area contributed by atoms with Gasteiger partial charge in [0.25, 0.3) is 0 Å². The van der Waals surface area contributed by atoms with Crippen molar-refractivity contribution in [2.24, 2.45) is 0 Å². The Morgan fingerprint density at radius 1 is 0.421 bits per heavy atom. The maximum absolute atomic E-state index is 3.99. The summed E-state index contributed by atoms with van der Waals surface area (Å²) in [5.41, 5.74) is 21.6. The molecule has 0 amide bonds. The van der Waals surface area contributed by atoms with E-state index in [2.05, 4.69) is 211 Å². The SMILES string of the molecule is C=Cc1ccc(-c2cccc(B3c4ccc(C(C)(C)C)cc4N4c5ccc(-c6ccc(C=C)cc6)cc5B(c5ccc(C(C)(C)C)cc5)c5cccc3c54)c2)cc1. The number of anilines is 3. The lowest BCUT2D eigenvalue weighted by Gasteiger charge is -2.44. The molecule has 7 aromatic carbocycles. The summed E-state index contributed by atoms with van der Waals surface area (Å²) in [6, 6.07) is 57.6. The zero-order valence-electron chi connectivity index (χ0n) is 34.1. The lowest BCUT2D eigenvalue weighted by atomic mass is 9.30. The van der Waals surface area contributed by atoms with Gasteiger partial charge in [0.2, 0.25) is 13.4 Å². The highest BCUT2D eigenvalue weighted by Gasteiger charge is 2.43. The Morgan fingerprint density at radius 3 is 1.53 bits per heavy atom. The first-order valence-corrected chi connectivity index (χ1v) is 20.3. The molecule has 0 bridgehead atoms. The molecule has 0 saturated carbocycles. The van der Waals surface area contributed by atoms with Gasteiger partial charge >= 0.3 is 0 Å². The number of hydrogen-bond acceptors (Lipinski definition) is 1. The summed E-state index contributed by atoms with van der Waals surface area (Å²) >= 11 is 0. The van der Waals surface area contributed by atoms with Crippen LogP contribution >= 0.6 is 0 Å². The molecule has 2 aliphatic heterocycles. The van der Waals surface area contributed by atoms with Gasteiger partial charge in [-0.1, -0.05) is 217 Å². The summed E-state index contributed by atoms with van der Waals surface area (Å²) in [6.07, 6.45) is 3.81. The van der Waals surface area contributed by atoms with Gasteiger partial charge in [-0.25, -0.2) is 0 Å². The van der Waals surface area contributed by atoms with Crippen LogP contribution in [0.2, 0.25) is 0 Å². The first-order chi connectivity index (χ1) is 27.4. The first kappa shape index (κ1) is 36.6. The van der Waals surface area contributed by atoms with Crippen molar-refractivity contribution < 1.29 is 0 Å². The van der Waals surface area contributed by atoms with E-state index in [0.29, 0.717) is 0 Å². The van der Waals surface area contributed by atoms with E-state index in [1.165, 1.54) is 83.2 Å². The van der Waals surface area contributed by atoms with Crippen LogP contribution in [0.25, 0.3) is 34.4 Å². The van der Waals surface area contributed by atoms with Crippen molar-refractivity contribution in [3.8, 4) is 22.3 Å². The van der Waals surface area contributed by atoms with Crippen LogP contribution in [-0.2, 0) is 10.8 Å². The summed E-state index contributed by atoms with van der Waals surface area (Å²) in [5.74, 6) is 0. The van der Waals surface area contributed by atoms with Crippen LogP contribution in [0, 0.1) is 0 Å². The van der Waals surface area contributed by atoms with Crippen molar-refractivity contribution in [3.63, 3.8) is 0 Å². The third-order valence-electron chi connectivity index (χ3n) is 12.3. The lowest BCUT2D eigenvalue weighted by Crippen LogP contribution is -2.65. The monoisotopic (exact) mass is 733 g/mol. The van der Waals surface area contributed by atoms with Crippen LogP contribution in [0.4, 0.5) is 17.1 Å². The second-order valence-corrected chi connectivity index (χ2v) is 17.9. The summed E-state index contributed by atoms with van der Waals surface area (Å²) in [4.78, 5) is 2.60. The summed E-state index contributed by atoms with van der Waals surface area (Å²) < 4.78 is 0. The van der Waals surface area contributed by atoms with Crippen molar-refractivity contribution >= 4 is 75.4 Å². The fourth-order valence-corrected chi connectivity index (χ4v) is 9.04. The van der Waals surface area contributed by atoms with E-state index >= 15 is 0 Å². The Labute approximate surface area is 340 Å². The highest BCUT2D eigenvalue weighted by molar-refractivity contribution is 7.02. The maximum Gasteiger partial charge on any atom is 0.246 e. The quantitative estimate of drug-likeness (QED) is 0.154. The fourth-order valence-electron chi connectivity index (χ4n) is 9.04. The van der Waals surface area contributed by atoms with E-state index in [0.717, 1.165) is 11.1 Å². The molecule has 0 unspecified atom stereocenters. The van der Waals surface area contributed by atoms with Crippen molar-refractivity contribution in [3.05, 3.63) is 187 Å². The summed E-state index contributed by atoms with van der Waals surface area (Å²) in [6.45, 7) is 21.9. The lowest BCUT2D eigenvalue weighted by molar-refractivity contribution is 0.590. The number of hydrogen-bond donors (Lipinski definition) is 0. The average Bonchev–Trinajstić information content (AvgIpc) is 3.22. The van der Waals surface area contributed by atoms with Gasteiger partial charge in [-0.2, -0.15) is 0 Å². The molecule has 2 aliphatic rings. The van der Waals surface area contributed by atoms with E-state index < -0.39 is 0 Å². The number of benzene rings is 7. The molecule has 0 aliphatic carbocycles. The fraction of sp³-hybridized carbons (Fsp3) is 0.148. The minimum absolute atomic E-state index is 0.0146. The minimum Gasteiger partial charge on any atom is -0.313 e. The highest BCUT2D eigenvalue weighted by Crippen LogP contribution is 2.40. The smallest absolute Gasteiger partial charge is 0.246 e. The number of fused-ring (bicyclic) bond motifs is 4. The van der Waals surface area contributed by atoms with Gasteiger partial charge in [0, 0.05) is 17.1 Å². The standard InChI is InChI=1S/C54H49B2N/c1-9-36-17-21-38(22-18-36)40-13-11-14-45(33-40)56-46-31-28-43(54(6,7)8)35-51(46)57-50-32-25-41(39-23-19-37(10-2)20-24-39)34-49(50)55(47-15-12-16-48(56)52(47)57)44-29-26-42(27-30-44)53(3,4)5/h9-35H,1-2H2,3-8H3. The topological polar surface area (TPSA) is 3.24 Å². The molecule has 9 rings (SSSR count). The molecule has 0 fully saturated rings. The molecular formula is C54H49B2N. The number of rotatable bonds is 6. The molecule has 0 spiro atoms. The van der Waals surface area contributed by atoms with Gasteiger partial charge in [0.1, 0.15) is 0 Å². The predicted octanol–water partition coefficient (Wildman–Crippen LogP) is 10.0. The van der Waals surface area contributed by atoms with Gasteiger partial charge < -0.3 is 4.90 Å². The average molecular weight is 734 g/mol. The van der Waals surface area contributed by atoms with Crippen LogP contribution in [0.3, 0.4) is 0 Å². The Hall–Kier alpha value is -6.05. The van der Waals surface area contributed by atoms with Crippen LogP contribution < -0.4 is 37.7 Å². The Balaban J connectivity index is 1.30. The van der Waals surface area contributed by atoms with Gasteiger partial charge in [-0.05, 0) is 89.3 Å². The molecule has 0 saturated heterocycles. The Morgan fingerprint density at radius 2 is 0.947 bits per heavy atom. The Bertz CT molecular complexity index is 2670. The first-order valence-electron chi connectivity index (χ1n) is 20.3. The molecule has 7 aromatic rings. The molecule has 1 nitrogen and oxygen atoms in total. The van der Waals surface area contributed by atoms with Crippen LogP contribution in [-0.4, -0.2) is 13.4 Å². The van der Waals surface area contributed by atoms with E-state index in [-0.39, 0.29) is 24.3 Å². The molecule has 2 heterocycles. The predicted molar refractivity (Wildman–Crippen MR) is 252 cm³/mol. The summed E-state index contributed by atoms with van der Waals surface area (Å²) in [7, 11) is 0. The van der Waals surface area contributed by atoms with Crippen LogP contribution in [0.1, 0.15) is 63.8 Å². The van der Waals surface area contributed by atoms with Crippen molar-refractivity contribution in [2.75, 3.05) is 4.90 Å². The van der Waals surface area contributed by atoms with Crippen molar-refractivity contribution in [2.45, 2.75) is 52.4 Å². The largest absolute Gasteiger partial charge is 0.313 e. The van der Waals surface area contributed by atoms with E-state index in [4.69, 9.17) is 0 Å². The second kappa shape index (κ2) is 13.9. The molecule has 57 heavy (non-hydrogen) atoms. The third-order valence-corrected chi connectivity index (χ3v) is 12.3.